The van der Waals surface area contributed by atoms with Crippen molar-refractivity contribution >= 4 is 11.6 Å². The normalized spacial score (nSPS) is 14.4. The number of nitrogens with one attached hydrogen (secondary N) is 1. The first-order valence-electron chi connectivity index (χ1n) is 6.33. The van der Waals surface area contributed by atoms with Crippen LogP contribution in [0.1, 0.15) is 31.4 Å². The molecule has 2 unspecified atom stereocenters. The molecule has 0 amide bonds. The summed E-state index contributed by atoms with van der Waals surface area (Å²) in [6.45, 7) is 3.03. The number of hydrogen-bond acceptors (Lipinski definition) is 3. The van der Waals surface area contributed by atoms with Gasteiger partial charge >= 0.3 is 0 Å². The summed E-state index contributed by atoms with van der Waals surface area (Å²) in [7, 11) is 1.59. The number of aliphatic hydroxyl groups is 1. The van der Waals surface area contributed by atoms with Crippen molar-refractivity contribution in [2.45, 2.75) is 31.9 Å². The lowest BCUT2D eigenvalue weighted by Gasteiger charge is -2.20. The number of halogens is 1. The third-order valence-corrected chi connectivity index (χ3v) is 3.06. The van der Waals surface area contributed by atoms with Crippen LogP contribution in [0, 0.1) is 0 Å². The zero-order valence-electron chi connectivity index (χ0n) is 11.0. The maximum Gasteiger partial charge on any atom is 0.0897 e. The van der Waals surface area contributed by atoms with E-state index in [2.05, 4.69) is 12.2 Å². The smallest absolute Gasteiger partial charge is 0.0897 e. The molecular formula is C14H22ClNO2. The summed E-state index contributed by atoms with van der Waals surface area (Å²) in [5.41, 5.74) is 1.20. The molecule has 1 aromatic rings. The van der Waals surface area contributed by atoms with E-state index in [1.165, 1.54) is 5.56 Å². The molecule has 102 valence electrons. The molecule has 2 N–H and O–H groups in total. The van der Waals surface area contributed by atoms with Gasteiger partial charge in [-0.05, 0) is 24.1 Å². The zero-order valence-corrected chi connectivity index (χ0v) is 11.8. The molecule has 4 heteroatoms. The van der Waals surface area contributed by atoms with Gasteiger partial charge in [-0.15, -0.1) is 0 Å². The quantitative estimate of drug-likeness (QED) is 0.764. The number of hydrogen-bond donors (Lipinski definition) is 2. The van der Waals surface area contributed by atoms with E-state index >= 15 is 0 Å². The second-order valence-corrected chi connectivity index (χ2v) is 4.85. The van der Waals surface area contributed by atoms with Crippen LogP contribution in [0.4, 0.5) is 0 Å². The molecule has 0 saturated carbocycles. The topological polar surface area (TPSA) is 41.5 Å². The third-order valence-electron chi connectivity index (χ3n) is 2.81. The molecule has 1 aromatic carbocycles. The SMILES string of the molecule is CCCC(NCC(O)COC)c1ccc(Cl)cc1. The Balaban J connectivity index is 2.56. The molecule has 0 aromatic heterocycles. The van der Waals surface area contributed by atoms with E-state index in [1.54, 1.807) is 7.11 Å². The molecule has 0 spiro atoms. The monoisotopic (exact) mass is 271 g/mol. The van der Waals surface area contributed by atoms with E-state index in [4.69, 9.17) is 16.3 Å². The van der Waals surface area contributed by atoms with Crippen molar-refractivity contribution in [2.24, 2.45) is 0 Å². The molecular weight excluding hydrogens is 250 g/mol. The molecule has 1 rings (SSSR count). The van der Waals surface area contributed by atoms with Gasteiger partial charge in [0.25, 0.3) is 0 Å². The first kappa shape index (κ1) is 15.4. The summed E-state index contributed by atoms with van der Waals surface area (Å²) >= 11 is 5.89. The molecule has 0 aliphatic rings. The van der Waals surface area contributed by atoms with Gasteiger partial charge in [-0.1, -0.05) is 37.1 Å². The third kappa shape index (κ3) is 5.36. The average molecular weight is 272 g/mol. The standard InChI is InChI=1S/C14H22ClNO2/c1-3-4-14(16-9-13(17)10-18-2)11-5-7-12(15)8-6-11/h5-8,13-14,16-17H,3-4,9-10H2,1-2H3. The van der Waals surface area contributed by atoms with E-state index in [0.717, 1.165) is 17.9 Å². The zero-order chi connectivity index (χ0) is 13.4. The van der Waals surface area contributed by atoms with Crippen LogP contribution in [-0.2, 0) is 4.74 Å². The van der Waals surface area contributed by atoms with Crippen LogP contribution < -0.4 is 5.32 Å². The molecule has 0 aliphatic carbocycles. The van der Waals surface area contributed by atoms with Gasteiger partial charge in [0.2, 0.25) is 0 Å². The van der Waals surface area contributed by atoms with Crippen LogP contribution in [0.15, 0.2) is 24.3 Å². The van der Waals surface area contributed by atoms with Crippen LogP contribution in [0.2, 0.25) is 5.02 Å². The summed E-state index contributed by atoms with van der Waals surface area (Å²) in [5.74, 6) is 0. The number of methoxy groups -OCH3 is 1. The molecule has 2 atom stereocenters. The van der Waals surface area contributed by atoms with Crippen molar-refractivity contribution in [3.63, 3.8) is 0 Å². The van der Waals surface area contributed by atoms with Gasteiger partial charge in [0.05, 0.1) is 12.7 Å². The first-order chi connectivity index (χ1) is 8.67. The maximum absolute atomic E-state index is 9.65. The van der Waals surface area contributed by atoms with Gasteiger partial charge in [0.1, 0.15) is 0 Å². The fraction of sp³-hybridized carbons (Fsp3) is 0.571. The number of rotatable bonds is 8. The summed E-state index contributed by atoms with van der Waals surface area (Å²) in [5, 5.41) is 13.8. The summed E-state index contributed by atoms with van der Waals surface area (Å²) in [6, 6.07) is 8.09. The predicted molar refractivity (Wildman–Crippen MR) is 75.0 cm³/mol. The van der Waals surface area contributed by atoms with Crippen LogP contribution in [-0.4, -0.2) is 31.5 Å². The Bertz CT molecular complexity index is 329. The van der Waals surface area contributed by atoms with Gasteiger partial charge < -0.3 is 15.2 Å². The highest BCUT2D eigenvalue weighted by atomic mass is 35.5. The second-order valence-electron chi connectivity index (χ2n) is 4.41. The summed E-state index contributed by atoms with van der Waals surface area (Å²) in [4.78, 5) is 0. The van der Waals surface area contributed by atoms with Crippen LogP contribution >= 0.6 is 11.6 Å². The van der Waals surface area contributed by atoms with Gasteiger partial charge in [-0.2, -0.15) is 0 Å². The minimum absolute atomic E-state index is 0.249. The maximum atomic E-state index is 9.65. The van der Waals surface area contributed by atoms with Crippen molar-refractivity contribution in [1.82, 2.24) is 5.32 Å². The minimum Gasteiger partial charge on any atom is -0.389 e. The molecule has 3 nitrogen and oxygen atoms in total. The van der Waals surface area contributed by atoms with Gasteiger partial charge in [0.15, 0.2) is 0 Å². The van der Waals surface area contributed by atoms with Crippen molar-refractivity contribution in [2.75, 3.05) is 20.3 Å². The molecule has 18 heavy (non-hydrogen) atoms. The molecule has 0 saturated heterocycles. The van der Waals surface area contributed by atoms with Crippen LogP contribution in [0.3, 0.4) is 0 Å². The Morgan fingerprint density at radius 3 is 2.56 bits per heavy atom. The Morgan fingerprint density at radius 2 is 2.00 bits per heavy atom. The van der Waals surface area contributed by atoms with Crippen molar-refractivity contribution in [3.8, 4) is 0 Å². The summed E-state index contributed by atoms with van der Waals surface area (Å²) < 4.78 is 4.91. The number of benzene rings is 1. The Labute approximate surface area is 114 Å². The second kappa shape index (κ2) is 8.48. The lowest BCUT2D eigenvalue weighted by molar-refractivity contribution is 0.0624. The minimum atomic E-state index is -0.471. The molecule has 0 aliphatic heterocycles. The molecule has 0 heterocycles. The van der Waals surface area contributed by atoms with Gasteiger partial charge in [-0.25, -0.2) is 0 Å². The largest absolute Gasteiger partial charge is 0.389 e. The fourth-order valence-electron chi connectivity index (χ4n) is 1.90. The number of aliphatic hydroxyl groups excluding tert-OH is 1. The number of ether oxygens (including phenoxy) is 1. The van der Waals surface area contributed by atoms with E-state index < -0.39 is 6.10 Å². The first-order valence-corrected chi connectivity index (χ1v) is 6.71. The summed E-state index contributed by atoms with van der Waals surface area (Å²) in [6.07, 6.45) is 1.64. The van der Waals surface area contributed by atoms with E-state index in [-0.39, 0.29) is 6.04 Å². The lowest BCUT2D eigenvalue weighted by Crippen LogP contribution is -2.32. The lowest BCUT2D eigenvalue weighted by atomic mass is 10.0. The van der Waals surface area contributed by atoms with E-state index in [9.17, 15) is 5.11 Å². The van der Waals surface area contributed by atoms with Gasteiger partial charge in [-0.3, -0.25) is 0 Å². The van der Waals surface area contributed by atoms with E-state index in [0.29, 0.717) is 13.2 Å². The highest BCUT2D eigenvalue weighted by molar-refractivity contribution is 6.30. The Morgan fingerprint density at radius 1 is 1.33 bits per heavy atom. The van der Waals surface area contributed by atoms with Gasteiger partial charge in [0, 0.05) is 24.7 Å². The molecule has 0 fully saturated rings. The molecule has 0 bridgehead atoms. The Kier molecular flexibility index (Phi) is 7.28. The van der Waals surface area contributed by atoms with Crippen LogP contribution in [0.5, 0.6) is 0 Å². The average Bonchev–Trinajstić information content (AvgIpc) is 2.36. The highest BCUT2D eigenvalue weighted by Gasteiger charge is 2.12. The fourth-order valence-corrected chi connectivity index (χ4v) is 2.03. The Hall–Kier alpha value is -0.610. The van der Waals surface area contributed by atoms with Crippen molar-refractivity contribution in [3.05, 3.63) is 34.9 Å². The predicted octanol–water partition coefficient (Wildman–Crippen LogP) is 2.78. The highest BCUT2D eigenvalue weighted by Crippen LogP contribution is 2.20. The van der Waals surface area contributed by atoms with Crippen molar-refractivity contribution in [1.29, 1.82) is 0 Å². The van der Waals surface area contributed by atoms with E-state index in [1.807, 2.05) is 24.3 Å². The van der Waals surface area contributed by atoms with Crippen LogP contribution in [0.25, 0.3) is 0 Å². The molecule has 0 radical (unpaired) electrons. The van der Waals surface area contributed by atoms with Crippen molar-refractivity contribution < 1.29 is 9.84 Å².